The molecule has 0 atom stereocenters. The Bertz CT molecular complexity index is 2390. The molecule has 0 aliphatic carbocycles. The van der Waals surface area contributed by atoms with E-state index in [1.807, 2.05) is 133 Å². The molecule has 0 amide bonds. The maximum Gasteiger partial charge on any atom is 0.584 e. The van der Waals surface area contributed by atoms with Gasteiger partial charge in [-0.1, -0.05) is 158 Å². The second-order valence-electron chi connectivity index (χ2n) is 12.2. The normalized spacial score (nSPS) is 13.2. The van der Waals surface area contributed by atoms with Gasteiger partial charge >= 0.3 is 7.82 Å². The van der Waals surface area contributed by atoms with E-state index in [0.29, 0.717) is 22.6 Å². The highest BCUT2D eigenvalue weighted by Crippen LogP contribution is 2.63. The Morgan fingerprint density at radius 3 is 1.06 bits per heavy atom. The van der Waals surface area contributed by atoms with Gasteiger partial charge in [-0.3, -0.25) is 4.89 Å². The molecule has 1 N–H and O–H groups in total. The van der Waals surface area contributed by atoms with Crippen LogP contribution in [-0.4, -0.2) is 4.89 Å². The van der Waals surface area contributed by atoms with Gasteiger partial charge in [-0.25, -0.2) is 4.57 Å². The van der Waals surface area contributed by atoms with E-state index in [9.17, 15) is 9.46 Å². The fourth-order valence-corrected chi connectivity index (χ4v) is 8.04. The fourth-order valence-electron chi connectivity index (χ4n) is 7.17. The summed E-state index contributed by atoms with van der Waals surface area (Å²) in [5.74, 6) is 0.628. The Morgan fingerprint density at radius 1 is 0.388 bits per heavy atom. The van der Waals surface area contributed by atoms with E-state index < -0.39 is 7.82 Å². The Kier molecular flexibility index (Phi) is 6.94. The largest absolute Gasteiger partial charge is 0.584 e. The zero-order chi connectivity index (χ0) is 33.0. The number of phosphoric ester groups is 1. The summed E-state index contributed by atoms with van der Waals surface area (Å²) >= 11 is 0. The molecule has 49 heavy (non-hydrogen) atoms. The topological polar surface area (TPSA) is 55.8 Å². The average Bonchev–Trinajstić information content (AvgIpc) is 3.28. The second kappa shape index (κ2) is 11.6. The summed E-state index contributed by atoms with van der Waals surface area (Å²) in [7, 11) is -4.75. The van der Waals surface area contributed by atoms with Crippen LogP contribution in [0.1, 0.15) is 0 Å². The molecule has 0 spiro atoms. The van der Waals surface area contributed by atoms with Crippen LogP contribution in [0.25, 0.3) is 77.2 Å². The van der Waals surface area contributed by atoms with Gasteiger partial charge in [-0.15, -0.1) is 0 Å². The third-order valence-corrected chi connectivity index (χ3v) is 10.1. The van der Waals surface area contributed by atoms with Crippen molar-refractivity contribution in [2.75, 3.05) is 0 Å². The molecule has 9 rings (SSSR count). The lowest BCUT2D eigenvalue weighted by atomic mass is 9.82. The predicted octanol–water partition coefficient (Wildman–Crippen LogP) is 12.2. The maximum absolute atomic E-state index is 14.4. The first kappa shape index (κ1) is 29.2. The second-order valence-corrected chi connectivity index (χ2v) is 13.5. The summed E-state index contributed by atoms with van der Waals surface area (Å²) < 4.78 is 27.0. The van der Waals surface area contributed by atoms with Crippen molar-refractivity contribution in [1.82, 2.24) is 0 Å². The highest BCUT2D eigenvalue weighted by atomic mass is 31.2. The molecule has 0 saturated carbocycles. The van der Waals surface area contributed by atoms with Crippen LogP contribution in [0.5, 0.6) is 11.5 Å². The summed E-state index contributed by atoms with van der Waals surface area (Å²) in [5, 5.41) is 3.25. The minimum Gasteiger partial charge on any atom is -0.394 e. The van der Waals surface area contributed by atoms with Crippen molar-refractivity contribution in [2.45, 2.75) is 0 Å². The molecule has 234 valence electrons. The van der Waals surface area contributed by atoms with Crippen LogP contribution in [0.15, 0.2) is 170 Å². The van der Waals surface area contributed by atoms with E-state index in [1.165, 1.54) is 0 Å². The minimum absolute atomic E-state index is 0.314. The summed E-state index contributed by atoms with van der Waals surface area (Å²) in [5.41, 5.74) is 8.77. The van der Waals surface area contributed by atoms with Gasteiger partial charge in [0.2, 0.25) is 0 Å². The van der Waals surface area contributed by atoms with Crippen LogP contribution < -0.4 is 9.05 Å². The molecule has 1 aliphatic heterocycles. The number of hydrogen-bond donors (Lipinski definition) is 1. The molecule has 8 aromatic carbocycles. The minimum atomic E-state index is -4.75. The molecule has 0 aromatic heterocycles. The van der Waals surface area contributed by atoms with Gasteiger partial charge in [0.05, 0.1) is 0 Å². The molecule has 4 nitrogen and oxygen atoms in total. The standard InChI is InChI=1S/C44H29O4P/c45-49(46)47-43-39-33(23-13-25-35(39)29-15-5-1-6-16-29)27-37(31-19-9-3-10-20-31)41(43)42-38(32-21-11-4-12-22-32)28-34-24-14-26-36(40(34)44(42)48-49)30-17-7-2-8-18-30/h1-28H,(H,45,46). The molecule has 5 heteroatoms. The molecule has 0 bridgehead atoms. The van der Waals surface area contributed by atoms with E-state index in [-0.39, 0.29) is 0 Å². The lowest BCUT2D eigenvalue weighted by Crippen LogP contribution is -1.99. The summed E-state index contributed by atoms with van der Waals surface area (Å²) in [6.07, 6.45) is 0. The van der Waals surface area contributed by atoms with Crippen LogP contribution in [0.4, 0.5) is 0 Å². The third-order valence-electron chi connectivity index (χ3n) is 9.24. The molecular weight excluding hydrogens is 623 g/mol. The zero-order valence-electron chi connectivity index (χ0n) is 26.3. The fraction of sp³-hybridized carbons (Fsp3) is 0. The lowest BCUT2D eigenvalue weighted by Gasteiger charge is -2.22. The number of fused-ring (bicyclic) bond motifs is 7. The number of phosphoric acid groups is 1. The molecule has 1 heterocycles. The summed E-state index contributed by atoms with van der Waals surface area (Å²) in [6.45, 7) is 0. The van der Waals surface area contributed by atoms with Gasteiger partial charge in [0.25, 0.3) is 0 Å². The lowest BCUT2D eigenvalue weighted by molar-refractivity contribution is 0.297. The maximum atomic E-state index is 14.4. The average molecular weight is 653 g/mol. The van der Waals surface area contributed by atoms with E-state index in [1.54, 1.807) is 0 Å². The van der Waals surface area contributed by atoms with Crippen molar-refractivity contribution in [2.24, 2.45) is 0 Å². The van der Waals surface area contributed by atoms with Gasteiger partial charge in [0.15, 0.2) is 0 Å². The molecular formula is C44H29O4P. The number of hydrogen-bond acceptors (Lipinski definition) is 3. The van der Waals surface area contributed by atoms with Crippen LogP contribution in [0.3, 0.4) is 0 Å². The Labute approximate surface area is 284 Å². The van der Waals surface area contributed by atoms with Crippen LogP contribution in [-0.2, 0) is 4.57 Å². The van der Waals surface area contributed by atoms with Crippen LogP contribution in [0.2, 0.25) is 0 Å². The van der Waals surface area contributed by atoms with E-state index >= 15 is 0 Å². The van der Waals surface area contributed by atoms with Gasteiger partial charge < -0.3 is 9.05 Å². The smallest absolute Gasteiger partial charge is 0.394 e. The van der Waals surface area contributed by atoms with Crippen molar-refractivity contribution < 1.29 is 18.5 Å². The first-order valence-electron chi connectivity index (χ1n) is 16.2. The zero-order valence-corrected chi connectivity index (χ0v) is 27.2. The Balaban J connectivity index is 1.53. The first-order valence-corrected chi connectivity index (χ1v) is 17.7. The predicted molar refractivity (Wildman–Crippen MR) is 200 cm³/mol. The first-order chi connectivity index (χ1) is 24.1. The van der Waals surface area contributed by atoms with Crippen LogP contribution in [0, 0.1) is 0 Å². The molecule has 0 fully saturated rings. The monoisotopic (exact) mass is 652 g/mol. The van der Waals surface area contributed by atoms with Crippen molar-refractivity contribution in [1.29, 1.82) is 0 Å². The van der Waals surface area contributed by atoms with Gasteiger partial charge in [0, 0.05) is 21.9 Å². The van der Waals surface area contributed by atoms with Crippen molar-refractivity contribution in [3.8, 4) is 67.1 Å². The molecule has 0 unspecified atom stereocenters. The molecule has 1 aliphatic rings. The van der Waals surface area contributed by atoms with E-state index in [2.05, 4.69) is 36.4 Å². The van der Waals surface area contributed by atoms with E-state index in [0.717, 1.165) is 66.1 Å². The number of rotatable bonds is 4. The highest BCUT2D eigenvalue weighted by molar-refractivity contribution is 7.48. The van der Waals surface area contributed by atoms with Gasteiger partial charge in [-0.2, -0.15) is 0 Å². The molecule has 0 saturated heterocycles. The molecule has 0 radical (unpaired) electrons. The highest BCUT2D eigenvalue weighted by Gasteiger charge is 2.38. The van der Waals surface area contributed by atoms with E-state index in [4.69, 9.17) is 9.05 Å². The van der Waals surface area contributed by atoms with Crippen molar-refractivity contribution >= 4 is 29.4 Å². The van der Waals surface area contributed by atoms with Crippen LogP contribution >= 0.6 is 7.82 Å². The quantitative estimate of drug-likeness (QED) is 0.192. The summed E-state index contributed by atoms with van der Waals surface area (Å²) in [6, 6.07) is 56.8. The Hall–Kier alpha value is -5.93. The van der Waals surface area contributed by atoms with Gasteiger partial charge in [-0.05, 0) is 67.4 Å². The third kappa shape index (κ3) is 5.01. The SMILES string of the molecule is O=P1(O)Oc2c(c(-c3ccccc3)cc3cccc(-c4ccccc4)c23)-c2c(-c3ccccc3)cc3cccc(-c4ccccc4)c3c2O1. The summed E-state index contributed by atoms with van der Waals surface area (Å²) in [4.78, 5) is 11.7. The number of benzene rings is 8. The van der Waals surface area contributed by atoms with Crippen molar-refractivity contribution in [3.05, 3.63) is 170 Å². The van der Waals surface area contributed by atoms with Gasteiger partial charge in [0.1, 0.15) is 11.5 Å². The Morgan fingerprint density at radius 2 is 0.714 bits per heavy atom. The van der Waals surface area contributed by atoms with Crippen molar-refractivity contribution in [3.63, 3.8) is 0 Å². The molecule has 8 aromatic rings.